The number of esters is 1. The van der Waals surface area contributed by atoms with Crippen molar-refractivity contribution < 1.29 is 28.5 Å². The van der Waals surface area contributed by atoms with E-state index in [0.717, 1.165) is 10.2 Å². The smallest absolute Gasteiger partial charge is 0.307 e. The van der Waals surface area contributed by atoms with Crippen LogP contribution in [0.2, 0.25) is 0 Å². The average Bonchev–Trinajstić information content (AvgIpc) is 3.22. The first-order chi connectivity index (χ1) is 17.1. The molecule has 5 rings (SSSR count). The molecule has 0 bridgehead atoms. The Balaban J connectivity index is 1.51. The van der Waals surface area contributed by atoms with Crippen molar-refractivity contribution in [3.8, 4) is 23.0 Å². The lowest BCUT2D eigenvalue weighted by Gasteiger charge is -2.18. The summed E-state index contributed by atoms with van der Waals surface area (Å²) in [5.41, 5.74) is 1.19. The van der Waals surface area contributed by atoms with Gasteiger partial charge in [0.25, 0.3) is 5.91 Å². The molecular weight excluding hydrogens is 468 g/mol. The van der Waals surface area contributed by atoms with Crippen LogP contribution < -0.4 is 19.0 Å². The second kappa shape index (κ2) is 10.0. The molecule has 0 fully saturated rings. The summed E-state index contributed by atoms with van der Waals surface area (Å²) in [6.45, 7) is 1.24. The molecule has 4 aromatic rings. The third kappa shape index (κ3) is 5.04. The summed E-state index contributed by atoms with van der Waals surface area (Å²) >= 11 is 1.34. The maximum Gasteiger partial charge on any atom is 0.307 e. The highest BCUT2D eigenvalue weighted by atomic mass is 32.1. The van der Waals surface area contributed by atoms with Crippen LogP contribution in [0.4, 0.5) is 0 Å². The number of carbonyl (C=O) groups is 2. The zero-order valence-electron chi connectivity index (χ0n) is 18.9. The van der Waals surface area contributed by atoms with E-state index in [9.17, 15) is 9.59 Å². The molecule has 1 aliphatic heterocycles. The van der Waals surface area contributed by atoms with Crippen molar-refractivity contribution in [3.05, 3.63) is 77.1 Å². The van der Waals surface area contributed by atoms with Crippen LogP contribution in [0.1, 0.15) is 16.8 Å². The zero-order valence-corrected chi connectivity index (χ0v) is 19.7. The minimum absolute atomic E-state index is 0.137. The molecule has 9 heteroatoms. The van der Waals surface area contributed by atoms with Crippen LogP contribution in [0.3, 0.4) is 0 Å². The molecule has 0 unspecified atom stereocenters. The Morgan fingerprint density at radius 1 is 0.971 bits per heavy atom. The van der Waals surface area contributed by atoms with E-state index in [1.54, 1.807) is 24.3 Å². The van der Waals surface area contributed by atoms with E-state index in [2.05, 4.69) is 4.99 Å². The Kier molecular flexibility index (Phi) is 6.49. The largest absolute Gasteiger partial charge is 0.486 e. The molecule has 0 spiro atoms. The van der Waals surface area contributed by atoms with Crippen molar-refractivity contribution in [1.29, 1.82) is 0 Å². The number of aromatic nitrogens is 1. The molecule has 0 saturated heterocycles. The molecule has 1 amide bonds. The van der Waals surface area contributed by atoms with Crippen LogP contribution in [0.5, 0.6) is 23.0 Å². The minimum Gasteiger partial charge on any atom is -0.486 e. The van der Waals surface area contributed by atoms with Gasteiger partial charge in [-0.05, 0) is 30.3 Å². The molecule has 0 atom stereocenters. The van der Waals surface area contributed by atoms with Crippen molar-refractivity contribution in [2.75, 3.05) is 20.3 Å². The van der Waals surface area contributed by atoms with Gasteiger partial charge in [-0.3, -0.25) is 9.59 Å². The van der Waals surface area contributed by atoms with Gasteiger partial charge >= 0.3 is 5.97 Å². The number of carbonyl (C=O) groups excluding carboxylic acids is 2. The van der Waals surface area contributed by atoms with Gasteiger partial charge in [-0.2, -0.15) is 4.99 Å². The molecule has 8 nitrogen and oxygen atoms in total. The summed E-state index contributed by atoms with van der Waals surface area (Å²) in [6.07, 6.45) is 0.137. The lowest BCUT2D eigenvalue weighted by molar-refractivity contribution is -0.140. The van der Waals surface area contributed by atoms with Crippen molar-refractivity contribution >= 4 is 33.4 Å². The van der Waals surface area contributed by atoms with Gasteiger partial charge in [0.05, 0.1) is 23.7 Å². The van der Waals surface area contributed by atoms with Crippen molar-refractivity contribution in [2.24, 2.45) is 4.99 Å². The number of hydrogen-bond acceptors (Lipinski definition) is 7. The maximum atomic E-state index is 13.1. The first-order valence-electron chi connectivity index (χ1n) is 11.0. The van der Waals surface area contributed by atoms with Gasteiger partial charge in [0, 0.05) is 24.2 Å². The number of methoxy groups -OCH3 is 1. The van der Waals surface area contributed by atoms with Gasteiger partial charge in [0.15, 0.2) is 16.3 Å². The normalized spacial score (nSPS) is 13.0. The van der Waals surface area contributed by atoms with Crippen molar-refractivity contribution in [3.63, 3.8) is 0 Å². The molecular formula is C26H22N2O6S. The van der Waals surface area contributed by atoms with Crippen LogP contribution in [-0.4, -0.2) is 36.8 Å². The number of fused-ring (bicyclic) bond motifs is 2. The van der Waals surface area contributed by atoms with Gasteiger partial charge < -0.3 is 23.5 Å². The first kappa shape index (κ1) is 22.7. The van der Waals surface area contributed by atoms with Crippen molar-refractivity contribution in [1.82, 2.24) is 4.57 Å². The van der Waals surface area contributed by atoms with Crippen LogP contribution in [-0.2, 0) is 16.1 Å². The third-order valence-corrected chi connectivity index (χ3v) is 6.41. The summed E-state index contributed by atoms with van der Waals surface area (Å²) in [4.78, 5) is 29.8. The van der Waals surface area contributed by atoms with Gasteiger partial charge in [-0.15, -0.1) is 0 Å². The van der Waals surface area contributed by atoms with E-state index in [1.165, 1.54) is 18.4 Å². The second-order valence-electron chi connectivity index (χ2n) is 7.69. The molecule has 2 heterocycles. The fraction of sp³-hybridized carbons (Fsp3) is 0.192. The lowest BCUT2D eigenvalue weighted by atomic mass is 10.2. The SMILES string of the molecule is COC(=O)CCn1c(=NC(=O)c2cccc(Oc3ccccc3)c2)sc2cc3c(cc21)OCCO3. The summed E-state index contributed by atoms with van der Waals surface area (Å²) in [5, 5.41) is 0. The fourth-order valence-electron chi connectivity index (χ4n) is 3.68. The Bertz CT molecular complexity index is 1460. The Morgan fingerprint density at radius 3 is 2.49 bits per heavy atom. The highest BCUT2D eigenvalue weighted by Crippen LogP contribution is 2.35. The third-order valence-electron chi connectivity index (χ3n) is 5.37. The number of rotatable bonds is 6. The number of nitrogens with zero attached hydrogens (tertiary/aromatic N) is 2. The summed E-state index contributed by atoms with van der Waals surface area (Å²) in [7, 11) is 1.35. The summed E-state index contributed by atoms with van der Waals surface area (Å²) in [5.74, 6) is 1.71. The number of aryl methyl sites for hydroxylation is 1. The maximum absolute atomic E-state index is 13.1. The molecule has 178 valence electrons. The quantitative estimate of drug-likeness (QED) is 0.368. The van der Waals surface area contributed by atoms with Crippen LogP contribution in [0, 0.1) is 0 Å². The monoisotopic (exact) mass is 490 g/mol. The predicted octanol–water partition coefficient (Wildman–Crippen LogP) is 4.57. The van der Waals surface area contributed by atoms with E-state index in [4.69, 9.17) is 18.9 Å². The number of amides is 1. The van der Waals surface area contributed by atoms with Gasteiger partial charge in [0.1, 0.15) is 24.7 Å². The molecule has 1 aliphatic rings. The highest BCUT2D eigenvalue weighted by Gasteiger charge is 2.18. The van der Waals surface area contributed by atoms with Gasteiger partial charge in [-0.1, -0.05) is 35.6 Å². The second-order valence-corrected chi connectivity index (χ2v) is 8.69. The van der Waals surface area contributed by atoms with Crippen LogP contribution in [0.15, 0.2) is 71.7 Å². The molecule has 1 aromatic heterocycles. The van der Waals surface area contributed by atoms with Crippen LogP contribution in [0.25, 0.3) is 10.2 Å². The Hall–Kier alpha value is -4.11. The van der Waals surface area contributed by atoms with E-state index < -0.39 is 5.91 Å². The number of para-hydroxylation sites is 1. The molecule has 0 radical (unpaired) electrons. The average molecular weight is 491 g/mol. The Labute approximate surface area is 205 Å². The zero-order chi connectivity index (χ0) is 24.2. The molecule has 0 saturated carbocycles. The predicted molar refractivity (Wildman–Crippen MR) is 130 cm³/mol. The number of benzene rings is 3. The summed E-state index contributed by atoms with van der Waals surface area (Å²) < 4.78 is 24.8. The van der Waals surface area contributed by atoms with E-state index in [1.807, 2.05) is 47.0 Å². The number of ether oxygens (including phenoxy) is 4. The minimum atomic E-state index is -0.417. The molecule has 0 N–H and O–H groups in total. The van der Waals surface area contributed by atoms with Crippen molar-refractivity contribution in [2.45, 2.75) is 13.0 Å². The first-order valence-corrected chi connectivity index (χ1v) is 11.8. The molecule has 3 aromatic carbocycles. The number of thiazole rings is 1. The Morgan fingerprint density at radius 2 is 1.71 bits per heavy atom. The molecule has 35 heavy (non-hydrogen) atoms. The fourth-order valence-corrected chi connectivity index (χ4v) is 4.75. The topological polar surface area (TPSA) is 88.4 Å². The van der Waals surface area contributed by atoms with Gasteiger partial charge in [-0.25, -0.2) is 0 Å². The summed E-state index contributed by atoms with van der Waals surface area (Å²) in [6, 6.07) is 20.0. The number of hydrogen-bond donors (Lipinski definition) is 0. The lowest BCUT2D eigenvalue weighted by Crippen LogP contribution is -2.19. The van der Waals surface area contributed by atoms with E-state index in [-0.39, 0.29) is 12.4 Å². The van der Waals surface area contributed by atoms with Gasteiger partial charge in [0.2, 0.25) is 0 Å². The molecule has 0 aliphatic carbocycles. The van der Waals surface area contributed by atoms with E-state index in [0.29, 0.717) is 53.1 Å². The van der Waals surface area contributed by atoms with E-state index >= 15 is 0 Å². The standard InChI is InChI=1S/C26H22N2O6S/c1-31-24(29)10-11-28-20-15-21-22(33-13-12-32-21)16-23(20)35-26(28)27-25(30)17-6-5-9-19(14-17)34-18-7-3-2-4-8-18/h2-9,14-16H,10-13H2,1H3. The van der Waals surface area contributed by atoms with Crippen LogP contribution >= 0.6 is 11.3 Å². The highest BCUT2D eigenvalue weighted by molar-refractivity contribution is 7.16.